The third-order valence-electron chi connectivity index (χ3n) is 4.93. The van der Waals surface area contributed by atoms with Crippen molar-refractivity contribution in [3.8, 4) is 22.5 Å². The average molecular weight is 427 g/mol. The van der Waals surface area contributed by atoms with Gasteiger partial charge in [0.2, 0.25) is 5.91 Å². The van der Waals surface area contributed by atoms with Gasteiger partial charge in [0.05, 0.1) is 29.6 Å². The summed E-state index contributed by atoms with van der Waals surface area (Å²) in [6.45, 7) is 0. The van der Waals surface area contributed by atoms with Gasteiger partial charge in [-0.3, -0.25) is 9.20 Å². The van der Waals surface area contributed by atoms with Crippen molar-refractivity contribution in [2.75, 3.05) is 0 Å². The first-order chi connectivity index (χ1) is 15.2. The first-order valence-electron chi connectivity index (χ1n) is 9.68. The van der Waals surface area contributed by atoms with E-state index in [4.69, 9.17) is 15.1 Å². The largest absolute Gasteiger partial charge is 0.468 e. The second-order valence-electron chi connectivity index (χ2n) is 6.94. The molecule has 0 unspecified atom stereocenters. The molecule has 0 saturated carbocycles. The molecule has 0 radical (unpaired) electrons. The monoisotopic (exact) mass is 426 g/mol. The Morgan fingerprint density at radius 3 is 2.52 bits per heavy atom. The van der Waals surface area contributed by atoms with Crippen LogP contribution in [0.3, 0.4) is 0 Å². The van der Waals surface area contributed by atoms with Gasteiger partial charge in [0.15, 0.2) is 5.65 Å². The molecule has 0 aliphatic rings. The zero-order chi connectivity index (χ0) is 21.2. The molecule has 152 valence electrons. The minimum atomic E-state index is -0.447. The van der Waals surface area contributed by atoms with Crippen LogP contribution in [-0.4, -0.2) is 20.3 Å². The fraction of sp³-hybridized carbons (Fsp3) is 0.0417. The summed E-state index contributed by atoms with van der Waals surface area (Å²) in [7, 11) is 0. The Balaban J connectivity index is 1.62. The first kappa shape index (κ1) is 19.1. The van der Waals surface area contributed by atoms with E-state index in [0.29, 0.717) is 11.3 Å². The quantitative estimate of drug-likeness (QED) is 0.384. The fourth-order valence-corrected chi connectivity index (χ4v) is 4.24. The minimum absolute atomic E-state index is 0.447. The van der Waals surface area contributed by atoms with E-state index in [-0.39, 0.29) is 0 Å². The van der Waals surface area contributed by atoms with Gasteiger partial charge in [0.25, 0.3) is 0 Å². The maximum Gasteiger partial charge on any atom is 0.248 e. The zero-order valence-electron chi connectivity index (χ0n) is 16.4. The number of nitrogens with zero attached hydrogens (tertiary/aromatic N) is 3. The number of carbonyl (C=O) groups excluding carboxylic acids is 1. The van der Waals surface area contributed by atoms with E-state index in [1.807, 2.05) is 71.4 Å². The molecule has 3 aromatic heterocycles. The van der Waals surface area contributed by atoms with Gasteiger partial charge >= 0.3 is 0 Å². The molecule has 5 rings (SSSR count). The molecule has 2 N–H and O–H groups in total. The van der Waals surface area contributed by atoms with Crippen LogP contribution >= 0.6 is 11.8 Å². The molecule has 6 nitrogen and oxygen atoms in total. The van der Waals surface area contributed by atoms with Crippen molar-refractivity contribution < 1.29 is 9.21 Å². The first-order valence-corrected chi connectivity index (χ1v) is 10.7. The number of fused-ring (bicyclic) bond motifs is 1. The van der Waals surface area contributed by atoms with E-state index in [0.717, 1.165) is 38.9 Å². The molecule has 1 amide bonds. The number of primary amides is 1. The maximum absolute atomic E-state index is 11.4. The number of nitrogens with two attached hydrogens (primary N) is 1. The molecule has 0 spiro atoms. The van der Waals surface area contributed by atoms with Crippen LogP contribution in [-0.2, 0) is 5.75 Å². The number of aromatic nitrogens is 3. The van der Waals surface area contributed by atoms with Gasteiger partial charge in [-0.05, 0) is 24.3 Å². The normalized spacial score (nSPS) is 11.1. The van der Waals surface area contributed by atoms with E-state index in [1.165, 1.54) is 0 Å². The van der Waals surface area contributed by atoms with E-state index >= 15 is 0 Å². The van der Waals surface area contributed by atoms with Gasteiger partial charge < -0.3 is 10.2 Å². The molecular formula is C24H18N4O2S. The number of imidazole rings is 1. The van der Waals surface area contributed by atoms with Crippen LogP contribution in [0.4, 0.5) is 0 Å². The van der Waals surface area contributed by atoms with Crippen LogP contribution in [0.5, 0.6) is 0 Å². The van der Waals surface area contributed by atoms with Crippen molar-refractivity contribution in [3.63, 3.8) is 0 Å². The number of hydrogen-bond donors (Lipinski definition) is 1. The zero-order valence-corrected chi connectivity index (χ0v) is 17.3. The molecule has 0 bridgehead atoms. The summed E-state index contributed by atoms with van der Waals surface area (Å²) >= 11 is 1.58. The number of amides is 1. The van der Waals surface area contributed by atoms with Crippen molar-refractivity contribution in [2.24, 2.45) is 5.73 Å². The van der Waals surface area contributed by atoms with Crippen LogP contribution in [0.15, 0.2) is 94.8 Å². The van der Waals surface area contributed by atoms with E-state index < -0.39 is 5.91 Å². The predicted octanol–water partition coefficient (Wildman–Crippen LogP) is 5.05. The van der Waals surface area contributed by atoms with Gasteiger partial charge in [-0.25, -0.2) is 9.97 Å². The number of benzene rings is 2. The number of hydrogen-bond acceptors (Lipinski definition) is 5. The van der Waals surface area contributed by atoms with Gasteiger partial charge in [0, 0.05) is 22.9 Å². The summed E-state index contributed by atoms with van der Waals surface area (Å²) in [4.78, 5) is 20.9. The van der Waals surface area contributed by atoms with Gasteiger partial charge in [-0.15, -0.1) is 0 Å². The third kappa shape index (κ3) is 3.83. The average Bonchev–Trinajstić information content (AvgIpc) is 3.48. The molecular weight excluding hydrogens is 408 g/mol. The van der Waals surface area contributed by atoms with E-state index in [1.54, 1.807) is 30.2 Å². The van der Waals surface area contributed by atoms with Crippen LogP contribution < -0.4 is 5.73 Å². The summed E-state index contributed by atoms with van der Waals surface area (Å²) in [5.41, 5.74) is 10.3. The summed E-state index contributed by atoms with van der Waals surface area (Å²) < 4.78 is 7.51. The van der Waals surface area contributed by atoms with Crippen LogP contribution in [0.2, 0.25) is 0 Å². The van der Waals surface area contributed by atoms with Crippen molar-refractivity contribution in [1.29, 1.82) is 0 Å². The molecule has 31 heavy (non-hydrogen) atoms. The van der Waals surface area contributed by atoms with Crippen molar-refractivity contribution >= 4 is 23.3 Å². The highest BCUT2D eigenvalue weighted by Gasteiger charge is 2.15. The predicted molar refractivity (Wildman–Crippen MR) is 121 cm³/mol. The van der Waals surface area contributed by atoms with Gasteiger partial charge in [-0.2, -0.15) is 0 Å². The van der Waals surface area contributed by atoms with Gasteiger partial charge in [-0.1, -0.05) is 54.2 Å². The molecule has 0 aliphatic heterocycles. The Hall–Kier alpha value is -3.84. The van der Waals surface area contributed by atoms with Crippen molar-refractivity contribution in [2.45, 2.75) is 10.8 Å². The highest BCUT2D eigenvalue weighted by Crippen LogP contribution is 2.31. The van der Waals surface area contributed by atoms with Crippen LogP contribution in [0, 0.1) is 0 Å². The van der Waals surface area contributed by atoms with Crippen molar-refractivity contribution in [1.82, 2.24) is 14.4 Å². The molecule has 0 saturated heterocycles. The molecule has 0 fully saturated rings. The topological polar surface area (TPSA) is 86.4 Å². The highest BCUT2D eigenvalue weighted by atomic mass is 32.2. The SMILES string of the molecule is NC(=O)c1ccc(-c2cnc3c(SCc4ccco4)nc(-c4ccccc4)cn23)cc1. The van der Waals surface area contributed by atoms with Crippen molar-refractivity contribution in [3.05, 3.63) is 96.7 Å². The Morgan fingerprint density at radius 2 is 1.81 bits per heavy atom. The second-order valence-corrected chi connectivity index (χ2v) is 7.91. The fourth-order valence-electron chi connectivity index (χ4n) is 3.36. The third-order valence-corrected chi connectivity index (χ3v) is 5.90. The smallest absolute Gasteiger partial charge is 0.248 e. The Labute approximate surface area is 182 Å². The summed E-state index contributed by atoms with van der Waals surface area (Å²) in [5, 5.41) is 0.817. The highest BCUT2D eigenvalue weighted by molar-refractivity contribution is 7.98. The number of carbonyl (C=O) groups is 1. The molecule has 7 heteroatoms. The Bertz CT molecular complexity index is 1340. The Kier molecular flexibility index (Phi) is 5.01. The molecule has 0 atom stereocenters. The lowest BCUT2D eigenvalue weighted by atomic mass is 10.1. The lowest BCUT2D eigenvalue weighted by Crippen LogP contribution is -2.10. The Morgan fingerprint density at radius 1 is 1.00 bits per heavy atom. The van der Waals surface area contributed by atoms with E-state index in [2.05, 4.69) is 4.98 Å². The summed E-state index contributed by atoms with van der Waals surface area (Å²) in [6, 6.07) is 21.1. The van der Waals surface area contributed by atoms with Gasteiger partial charge in [0.1, 0.15) is 10.8 Å². The van der Waals surface area contributed by atoms with Crippen LogP contribution in [0.25, 0.3) is 28.2 Å². The summed E-state index contributed by atoms with van der Waals surface area (Å²) in [6.07, 6.45) is 5.48. The molecule has 3 heterocycles. The number of furan rings is 1. The lowest BCUT2D eigenvalue weighted by Gasteiger charge is -2.09. The lowest BCUT2D eigenvalue weighted by molar-refractivity contribution is 0.100. The number of thioether (sulfide) groups is 1. The molecule has 0 aliphatic carbocycles. The standard InChI is InChI=1S/C24H18N4O2S/c25-22(29)18-10-8-17(9-11-18)21-13-26-23-24(31-15-19-7-4-12-30-19)27-20(14-28(21)23)16-5-2-1-3-6-16/h1-14H,15H2,(H2,25,29). The number of rotatable bonds is 6. The minimum Gasteiger partial charge on any atom is -0.468 e. The molecule has 5 aromatic rings. The molecule has 2 aromatic carbocycles. The van der Waals surface area contributed by atoms with Crippen LogP contribution in [0.1, 0.15) is 16.1 Å². The second kappa shape index (κ2) is 8.12. The summed E-state index contributed by atoms with van der Waals surface area (Å²) in [5.74, 6) is 1.09. The van der Waals surface area contributed by atoms with E-state index in [9.17, 15) is 4.79 Å². The maximum atomic E-state index is 11.4.